The maximum absolute atomic E-state index is 13.2. The van der Waals surface area contributed by atoms with E-state index in [1.165, 1.54) is 11.3 Å². The molecule has 0 spiro atoms. The molecule has 2 amide bonds. The molecule has 162 valence electrons. The average Bonchev–Trinajstić information content (AvgIpc) is 3.34. The molecule has 1 aliphatic heterocycles. The van der Waals surface area contributed by atoms with Gasteiger partial charge in [-0.3, -0.25) is 4.79 Å². The van der Waals surface area contributed by atoms with E-state index in [4.69, 9.17) is 9.84 Å². The molecule has 1 saturated carbocycles. The number of carbonyl (C=O) groups is 2. The number of likely N-dealkylation sites (tertiary alicyclic amines) is 1. The average molecular weight is 443 g/mol. The van der Waals surface area contributed by atoms with Crippen molar-refractivity contribution in [3.8, 4) is 17.3 Å². The van der Waals surface area contributed by atoms with Gasteiger partial charge in [-0.15, -0.1) is 11.3 Å². The van der Waals surface area contributed by atoms with Crippen molar-refractivity contribution in [3.05, 3.63) is 29.5 Å². The largest absolute Gasteiger partial charge is 0.474 e. The third-order valence-corrected chi connectivity index (χ3v) is 6.63. The molecule has 31 heavy (non-hydrogen) atoms. The molecule has 2 fully saturated rings. The lowest BCUT2D eigenvalue weighted by Crippen LogP contribution is -2.46. The lowest BCUT2D eigenvalue weighted by Gasteiger charge is -2.31. The number of fused-ring (bicyclic) bond motifs is 1. The van der Waals surface area contributed by atoms with Gasteiger partial charge in [-0.25, -0.2) is 14.3 Å². The molecule has 0 unspecified atom stereocenters. The Bertz CT molecular complexity index is 1120. The molecule has 0 radical (unpaired) electrons. The molecule has 0 atom stereocenters. The molecule has 10 nitrogen and oxygen atoms in total. The quantitative estimate of drug-likeness (QED) is 0.623. The van der Waals surface area contributed by atoms with Gasteiger partial charge in [-0.05, 0) is 32.1 Å². The number of ether oxygens (including phenoxy) is 1. The smallest absolute Gasteiger partial charge is 0.404 e. The third-order valence-electron chi connectivity index (χ3n) is 5.74. The zero-order valence-corrected chi connectivity index (χ0v) is 17.5. The highest BCUT2D eigenvalue weighted by molar-refractivity contribution is 7.16. The zero-order valence-electron chi connectivity index (χ0n) is 16.7. The molecular formula is C20H22N6O4S. The minimum Gasteiger partial charge on any atom is -0.474 e. The molecule has 0 aromatic carbocycles. The Kier molecular flexibility index (Phi) is 5.18. The Balaban J connectivity index is 1.42. The summed E-state index contributed by atoms with van der Waals surface area (Å²) in [6.07, 6.45) is 6.88. The van der Waals surface area contributed by atoms with E-state index >= 15 is 0 Å². The Hall–Kier alpha value is -3.21. The molecule has 1 aliphatic carbocycles. The molecule has 3 aromatic rings. The molecule has 5 rings (SSSR count). The first-order valence-electron chi connectivity index (χ1n) is 10.3. The van der Waals surface area contributed by atoms with Crippen LogP contribution in [0.2, 0.25) is 0 Å². The van der Waals surface area contributed by atoms with E-state index in [9.17, 15) is 9.59 Å². The standard InChI is InChI=1S/C20H22N6O4S/c27-18(25-6-4-12(5-7-25)22-20(28)29)15-10-16(30-13-2-1-3-13)24-17(23-15)14-11-21-26-8-9-31-19(14)26/h8-13,22H,1-7H2,(H,28,29). The van der Waals surface area contributed by atoms with Crippen LogP contribution in [0.15, 0.2) is 23.8 Å². The Morgan fingerprint density at radius 1 is 1.19 bits per heavy atom. The van der Waals surface area contributed by atoms with E-state index in [1.54, 1.807) is 21.7 Å². The van der Waals surface area contributed by atoms with Crippen molar-refractivity contribution in [1.82, 2.24) is 29.8 Å². The highest BCUT2D eigenvalue weighted by Gasteiger charge is 2.27. The molecule has 11 heteroatoms. The zero-order chi connectivity index (χ0) is 21.4. The van der Waals surface area contributed by atoms with Crippen molar-refractivity contribution in [1.29, 1.82) is 0 Å². The van der Waals surface area contributed by atoms with Crippen LogP contribution in [0.3, 0.4) is 0 Å². The molecule has 2 aliphatic rings. The molecule has 4 heterocycles. The first kappa shape index (κ1) is 19.7. The number of aromatic nitrogens is 4. The Labute approximate surface area is 181 Å². The summed E-state index contributed by atoms with van der Waals surface area (Å²) in [5, 5.41) is 17.6. The van der Waals surface area contributed by atoms with Crippen molar-refractivity contribution in [2.75, 3.05) is 13.1 Å². The van der Waals surface area contributed by atoms with Crippen LogP contribution in [0.5, 0.6) is 5.88 Å². The highest BCUT2D eigenvalue weighted by atomic mass is 32.1. The predicted octanol–water partition coefficient (Wildman–Crippen LogP) is 2.66. The van der Waals surface area contributed by atoms with Gasteiger partial charge in [0.05, 0.1) is 11.8 Å². The molecule has 2 N–H and O–H groups in total. The van der Waals surface area contributed by atoms with E-state index in [2.05, 4.69) is 20.4 Å². The van der Waals surface area contributed by atoms with Crippen LogP contribution in [0.1, 0.15) is 42.6 Å². The minimum absolute atomic E-state index is 0.123. The van der Waals surface area contributed by atoms with Crippen molar-refractivity contribution >= 4 is 28.2 Å². The van der Waals surface area contributed by atoms with Crippen LogP contribution in [0, 0.1) is 0 Å². The van der Waals surface area contributed by atoms with E-state index in [1.807, 2.05) is 11.6 Å². The van der Waals surface area contributed by atoms with E-state index < -0.39 is 6.09 Å². The van der Waals surface area contributed by atoms with Gasteiger partial charge in [0.2, 0.25) is 5.88 Å². The van der Waals surface area contributed by atoms with E-state index in [0.717, 1.165) is 29.7 Å². The number of carbonyl (C=O) groups excluding carboxylic acids is 1. The summed E-state index contributed by atoms with van der Waals surface area (Å²) in [5.41, 5.74) is 1.03. The lowest BCUT2D eigenvalue weighted by molar-refractivity contribution is 0.0697. The number of rotatable bonds is 5. The number of thiazole rings is 1. The fourth-order valence-corrected chi connectivity index (χ4v) is 4.61. The van der Waals surface area contributed by atoms with Crippen LogP contribution >= 0.6 is 11.3 Å². The van der Waals surface area contributed by atoms with Gasteiger partial charge in [-0.1, -0.05) is 0 Å². The van der Waals surface area contributed by atoms with E-state index in [0.29, 0.717) is 37.6 Å². The predicted molar refractivity (Wildman–Crippen MR) is 112 cm³/mol. The summed E-state index contributed by atoms with van der Waals surface area (Å²) >= 11 is 1.53. The Morgan fingerprint density at radius 2 is 2.00 bits per heavy atom. The minimum atomic E-state index is -1.04. The summed E-state index contributed by atoms with van der Waals surface area (Å²) in [6.45, 7) is 0.926. The van der Waals surface area contributed by atoms with Gasteiger partial charge in [0, 0.05) is 36.8 Å². The van der Waals surface area contributed by atoms with Gasteiger partial charge in [0.25, 0.3) is 5.91 Å². The monoisotopic (exact) mass is 442 g/mol. The van der Waals surface area contributed by atoms with Crippen LogP contribution in [-0.4, -0.2) is 66.8 Å². The van der Waals surface area contributed by atoms with Crippen molar-refractivity contribution < 1.29 is 19.4 Å². The third kappa shape index (κ3) is 4.05. The SMILES string of the molecule is O=C(O)NC1CCN(C(=O)c2cc(OC3CCC3)nc(-c3cnn4ccsc34)n2)CC1. The second-order valence-corrected chi connectivity index (χ2v) is 8.71. The summed E-state index contributed by atoms with van der Waals surface area (Å²) in [6, 6.07) is 1.47. The van der Waals surface area contributed by atoms with Gasteiger partial charge in [-0.2, -0.15) is 10.1 Å². The number of carboxylic acid groups (broad SMARTS) is 1. The van der Waals surface area contributed by atoms with Crippen LogP contribution in [0.25, 0.3) is 16.2 Å². The van der Waals surface area contributed by atoms with Crippen molar-refractivity contribution in [2.45, 2.75) is 44.2 Å². The maximum atomic E-state index is 13.2. The number of nitrogens with one attached hydrogen (secondary N) is 1. The second kappa shape index (κ2) is 8.14. The van der Waals surface area contributed by atoms with Crippen molar-refractivity contribution in [2.24, 2.45) is 0 Å². The summed E-state index contributed by atoms with van der Waals surface area (Å²) < 4.78 is 7.76. The normalized spacial score (nSPS) is 17.5. The van der Waals surface area contributed by atoms with Gasteiger partial charge >= 0.3 is 6.09 Å². The van der Waals surface area contributed by atoms with Gasteiger partial charge in [0.15, 0.2) is 5.82 Å². The summed E-state index contributed by atoms with van der Waals surface area (Å²) in [7, 11) is 0. The first-order valence-corrected chi connectivity index (χ1v) is 11.2. The number of hydrogen-bond acceptors (Lipinski definition) is 7. The summed E-state index contributed by atoms with van der Waals surface area (Å²) in [4.78, 5) is 35.8. The van der Waals surface area contributed by atoms with E-state index in [-0.39, 0.29) is 23.7 Å². The summed E-state index contributed by atoms with van der Waals surface area (Å²) in [5.74, 6) is 0.613. The lowest BCUT2D eigenvalue weighted by atomic mass is 9.96. The fraction of sp³-hybridized carbons (Fsp3) is 0.450. The van der Waals surface area contributed by atoms with Gasteiger partial charge < -0.3 is 20.1 Å². The second-order valence-electron chi connectivity index (χ2n) is 7.81. The number of piperidine rings is 1. The molecule has 0 bridgehead atoms. The Morgan fingerprint density at radius 3 is 2.71 bits per heavy atom. The number of nitrogens with zero attached hydrogens (tertiary/aromatic N) is 5. The first-order chi connectivity index (χ1) is 15.1. The van der Waals surface area contributed by atoms with Crippen LogP contribution in [-0.2, 0) is 0 Å². The maximum Gasteiger partial charge on any atom is 0.404 e. The van der Waals surface area contributed by atoms with Crippen LogP contribution in [0.4, 0.5) is 4.79 Å². The van der Waals surface area contributed by atoms with Crippen molar-refractivity contribution in [3.63, 3.8) is 0 Å². The van der Waals surface area contributed by atoms with Gasteiger partial charge in [0.1, 0.15) is 16.6 Å². The van der Waals surface area contributed by atoms with Crippen LogP contribution < -0.4 is 10.1 Å². The molecule has 3 aromatic heterocycles. The molecule has 1 saturated heterocycles. The number of hydrogen-bond donors (Lipinski definition) is 2. The highest BCUT2D eigenvalue weighted by Crippen LogP contribution is 2.29. The topological polar surface area (TPSA) is 122 Å². The number of amides is 2. The fourth-order valence-electron chi connectivity index (χ4n) is 3.82. The molecular weight excluding hydrogens is 420 g/mol.